The molecule has 2 saturated heterocycles. The summed E-state index contributed by atoms with van der Waals surface area (Å²) in [6.07, 6.45) is 6.57. The zero-order chi connectivity index (χ0) is 20.8. The van der Waals surface area contributed by atoms with Crippen LogP contribution in [0.2, 0.25) is 0 Å². The lowest BCUT2D eigenvalue weighted by atomic mass is 10.1. The van der Waals surface area contributed by atoms with Gasteiger partial charge in [-0.3, -0.25) is 0 Å². The highest BCUT2D eigenvalue weighted by molar-refractivity contribution is 7.98. The maximum absolute atomic E-state index is 6.44. The molecular weight excluding hydrogens is 386 g/mol. The van der Waals surface area contributed by atoms with Crippen molar-refractivity contribution in [1.82, 2.24) is 19.8 Å². The van der Waals surface area contributed by atoms with E-state index in [2.05, 4.69) is 48.9 Å². The molecule has 8 heteroatoms. The summed E-state index contributed by atoms with van der Waals surface area (Å²) >= 11 is 1.62. The second kappa shape index (κ2) is 10.7. The molecule has 2 aliphatic rings. The van der Waals surface area contributed by atoms with E-state index >= 15 is 0 Å². The van der Waals surface area contributed by atoms with Crippen LogP contribution in [0.3, 0.4) is 0 Å². The van der Waals surface area contributed by atoms with Crippen LogP contribution in [0.5, 0.6) is 11.8 Å². The number of likely N-dealkylation sites (tertiary alicyclic amines) is 2. The van der Waals surface area contributed by atoms with Gasteiger partial charge in [0.2, 0.25) is 17.7 Å². The van der Waals surface area contributed by atoms with Gasteiger partial charge in [-0.25, -0.2) is 0 Å². The van der Waals surface area contributed by atoms with Crippen molar-refractivity contribution in [2.24, 2.45) is 0 Å². The molecule has 29 heavy (non-hydrogen) atoms. The Balaban J connectivity index is 1.86. The second-order valence-electron chi connectivity index (χ2n) is 8.08. The standard InChI is InChI=1S/C21H37N5O2S/c1-6-26(7-2)21-22-19(27-16-8-12-24(3)13-9-16)18(29-5)20(23-21)28-17-10-14-25(4)15-11-17/h16-17H,6-15H2,1-5H3. The lowest BCUT2D eigenvalue weighted by Crippen LogP contribution is -2.36. The van der Waals surface area contributed by atoms with Crippen LogP contribution >= 0.6 is 11.8 Å². The molecule has 0 amide bonds. The van der Waals surface area contributed by atoms with E-state index < -0.39 is 0 Å². The van der Waals surface area contributed by atoms with E-state index in [0.717, 1.165) is 69.8 Å². The number of aromatic nitrogens is 2. The summed E-state index contributed by atoms with van der Waals surface area (Å²) in [5, 5.41) is 0. The van der Waals surface area contributed by atoms with Crippen molar-refractivity contribution in [3.63, 3.8) is 0 Å². The van der Waals surface area contributed by atoms with E-state index in [1.54, 1.807) is 11.8 Å². The topological polar surface area (TPSA) is 54.0 Å². The average molecular weight is 424 g/mol. The van der Waals surface area contributed by atoms with Gasteiger partial charge in [0.1, 0.15) is 17.1 Å². The fourth-order valence-electron chi connectivity index (χ4n) is 3.90. The predicted molar refractivity (Wildman–Crippen MR) is 120 cm³/mol. The molecule has 0 unspecified atom stereocenters. The van der Waals surface area contributed by atoms with Gasteiger partial charge in [0.05, 0.1) is 0 Å². The number of hydrogen-bond acceptors (Lipinski definition) is 8. The summed E-state index contributed by atoms with van der Waals surface area (Å²) in [6.45, 7) is 10.2. The lowest BCUT2D eigenvalue weighted by Gasteiger charge is -2.31. The summed E-state index contributed by atoms with van der Waals surface area (Å²) < 4.78 is 12.9. The molecule has 1 aromatic heterocycles. The first-order valence-electron chi connectivity index (χ1n) is 10.9. The van der Waals surface area contributed by atoms with Crippen LogP contribution < -0.4 is 14.4 Å². The molecule has 0 aromatic carbocycles. The molecule has 0 saturated carbocycles. The molecule has 0 bridgehead atoms. The van der Waals surface area contributed by atoms with Gasteiger partial charge < -0.3 is 24.2 Å². The monoisotopic (exact) mass is 423 g/mol. The van der Waals surface area contributed by atoms with E-state index in [1.807, 2.05) is 0 Å². The van der Waals surface area contributed by atoms with Gasteiger partial charge in [-0.05, 0) is 59.9 Å². The molecular formula is C21H37N5O2S. The van der Waals surface area contributed by atoms with Crippen molar-refractivity contribution in [1.29, 1.82) is 0 Å². The van der Waals surface area contributed by atoms with Crippen LogP contribution in [0.1, 0.15) is 39.5 Å². The normalized spacial score (nSPS) is 20.0. The smallest absolute Gasteiger partial charge is 0.236 e. The molecule has 0 radical (unpaired) electrons. The Labute approximate surface area is 180 Å². The highest BCUT2D eigenvalue weighted by Gasteiger charge is 2.26. The molecule has 164 valence electrons. The minimum Gasteiger partial charge on any atom is -0.473 e. The average Bonchev–Trinajstić information content (AvgIpc) is 2.72. The first-order valence-corrected chi connectivity index (χ1v) is 12.2. The third kappa shape index (κ3) is 5.89. The van der Waals surface area contributed by atoms with Crippen molar-refractivity contribution in [3.05, 3.63) is 0 Å². The number of rotatable bonds is 8. The second-order valence-corrected chi connectivity index (χ2v) is 8.90. The molecule has 0 N–H and O–H groups in total. The van der Waals surface area contributed by atoms with E-state index in [4.69, 9.17) is 19.4 Å². The van der Waals surface area contributed by atoms with Crippen molar-refractivity contribution in [2.45, 2.75) is 56.6 Å². The van der Waals surface area contributed by atoms with E-state index in [1.165, 1.54) is 0 Å². The Morgan fingerprint density at radius 1 is 0.862 bits per heavy atom. The van der Waals surface area contributed by atoms with Crippen molar-refractivity contribution in [2.75, 3.05) is 64.5 Å². The first kappa shape index (κ1) is 22.4. The third-order valence-electron chi connectivity index (χ3n) is 5.93. The van der Waals surface area contributed by atoms with Crippen LogP contribution in [0.4, 0.5) is 5.95 Å². The highest BCUT2D eigenvalue weighted by atomic mass is 32.2. The zero-order valence-corrected chi connectivity index (χ0v) is 19.5. The highest BCUT2D eigenvalue weighted by Crippen LogP contribution is 2.38. The summed E-state index contributed by atoms with van der Waals surface area (Å²) in [5.74, 6) is 2.08. The molecule has 0 aliphatic carbocycles. The van der Waals surface area contributed by atoms with Crippen LogP contribution in [0.25, 0.3) is 0 Å². The molecule has 7 nitrogen and oxygen atoms in total. The number of hydrogen-bond donors (Lipinski definition) is 0. The lowest BCUT2D eigenvalue weighted by molar-refractivity contribution is 0.0961. The first-order chi connectivity index (χ1) is 14.0. The minimum atomic E-state index is 0.202. The van der Waals surface area contributed by atoms with Gasteiger partial charge in [0.25, 0.3) is 0 Å². The number of piperidine rings is 2. The maximum Gasteiger partial charge on any atom is 0.236 e. The molecule has 0 atom stereocenters. The predicted octanol–water partition coefficient (Wildman–Crippen LogP) is 2.99. The molecule has 2 fully saturated rings. The van der Waals surface area contributed by atoms with Gasteiger partial charge in [-0.15, -0.1) is 11.8 Å². The molecule has 0 spiro atoms. The maximum atomic E-state index is 6.44. The van der Waals surface area contributed by atoms with Crippen molar-refractivity contribution in [3.8, 4) is 11.8 Å². The minimum absolute atomic E-state index is 0.202. The number of anilines is 1. The molecule has 3 heterocycles. The Hall–Kier alpha value is -1.25. The number of thioether (sulfide) groups is 1. The molecule has 3 rings (SSSR count). The van der Waals surface area contributed by atoms with Crippen LogP contribution in [0.15, 0.2) is 4.90 Å². The largest absolute Gasteiger partial charge is 0.473 e. The summed E-state index contributed by atoms with van der Waals surface area (Å²) in [5.41, 5.74) is 0. The van der Waals surface area contributed by atoms with Crippen molar-refractivity contribution >= 4 is 17.7 Å². The van der Waals surface area contributed by atoms with Gasteiger partial charge in [0.15, 0.2) is 0 Å². The van der Waals surface area contributed by atoms with Gasteiger partial charge in [-0.2, -0.15) is 9.97 Å². The molecule has 1 aromatic rings. The summed E-state index contributed by atoms with van der Waals surface area (Å²) in [7, 11) is 4.33. The van der Waals surface area contributed by atoms with Gasteiger partial charge in [-0.1, -0.05) is 0 Å². The fraction of sp³-hybridized carbons (Fsp3) is 0.810. The SMILES string of the molecule is CCN(CC)c1nc(OC2CCN(C)CC2)c(SC)c(OC2CCN(C)CC2)n1. The van der Waals surface area contributed by atoms with Gasteiger partial charge in [0, 0.05) is 39.3 Å². The zero-order valence-electron chi connectivity index (χ0n) is 18.7. The Kier molecular flexibility index (Phi) is 8.26. The van der Waals surface area contributed by atoms with Crippen LogP contribution in [-0.4, -0.2) is 91.6 Å². The summed E-state index contributed by atoms with van der Waals surface area (Å²) in [6, 6.07) is 0. The molecule has 2 aliphatic heterocycles. The van der Waals surface area contributed by atoms with Gasteiger partial charge >= 0.3 is 0 Å². The fourth-order valence-corrected chi connectivity index (χ4v) is 4.44. The number of nitrogens with zero attached hydrogens (tertiary/aromatic N) is 5. The third-order valence-corrected chi connectivity index (χ3v) is 6.69. The van der Waals surface area contributed by atoms with Crippen molar-refractivity contribution < 1.29 is 9.47 Å². The number of ether oxygens (including phenoxy) is 2. The van der Waals surface area contributed by atoms with E-state index in [9.17, 15) is 0 Å². The summed E-state index contributed by atoms with van der Waals surface area (Å²) in [4.78, 5) is 17.5. The Bertz CT molecular complexity index is 597. The Morgan fingerprint density at radius 3 is 1.62 bits per heavy atom. The Morgan fingerprint density at radius 2 is 1.28 bits per heavy atom. The quantitative estimate of drug-likeness (QED) is 0.592. The van der Waals surface area contributed by atoms with E-state index in [-0.39, 0.29) is 12.2 Å². The van der Waals surface area contributed by atoms with E-state index in [0.29, 0.717) is 17.7 Å². The van der Waals surface area contributed by atoms with Crippen LogP contribution in [0, 0.1) is 0 Å². The van der Waals surface area contributed by atoms with Crippen LogP contribution in [-0.2, 0) is 0 Å².